The van der Waals surface area contributed by atoms with Gasteiger partial charge in [-0.1, -0.05) is 51.7 Å². The van der Waals surface area contributed by atoms with Gasteiger partial charge in [-0.15, -0.1) is 4.33 Å². The minimum Gasteiger partial charge on any atom is -0.388 e. The van der Waals surface area contributed by atoms with Gasteiger partial charge in [0, 0.05) is 5.69 Å². The molecule has 0 fully saturated rings. The molecule has 1 rings (SSSR count). The summed E-state index contributed by atoms with van der Waals surface area (Å²) < 4.78 is 7.69. The van der Waals surface area contributed by atoms with Crippen LogP contribution in [0, 0.1) is 0 Å². The van der Waals surface area contributed by atoms with Gasteiger partial charge in [0.1, 0.15) is 12.2 Å². The summed E-state index contributed by atoms with van der Waals surface area (Å²) in [5, 5.41) is 10.4. The number of aliphatic hydroxyl groups excluding tert-OH is 1. The molecule has 1 unspecified atom stereocenters. The van der Waals surface area contributed by atoms with E-state index in [1.165, 1.54) is 45.8 Å². The van der Waals surface area contributed by atoms with Crippen LogP contribution in [0.15, 0.2) is 24.3 Å². The molecule has 1 atom stereocenters. The van der Waals surface area contributed by atoms with Crippen LogP contribution in [-0.2, 0) is 9.22 Å². The van der Waals surface area contributed by atoms with E-state index in [0.29, 0.717) is 0 Å². The molecule has 0 saturated heterocycles. The topological polar surface area (TPSA) is 54.0 Å². The Hall–Kier alpha value is -0.790. The van der Waals surface area contributed by atoms with Crippen LogP contribution in [0.1, 0.15) is 70.5 Å². The van der Waals surface area contributed by atoms with Crippen LogP contribution in [-0.4, -0.2) is 36.8 Å². The predicted octanol–water partition coefficient (Wildman–Crippen LogP) is 5.35. The maximum atomic E-state index is 10.4. The Balaban J connectivity index is 2.24. The smallest absolute Gasteiger partial charge is 0.148 e. The molecule has 0 aliphatic rings. The molecule has 0 aromatic heterocycles. The maximum Gasteiger partial charge on any atom is 0.148 e. The molecule has 0 bridgehead atoms. The van der Waals surface area contributed by atoms with Gasteiger partial charge in [-0.3, -0.25) is 0 Å². The van der Waals surface area contributed by atoms with Crippen molar-refractivity contribution in [3.05, 3.63) is 29.8 Å². The highest BCUT2D eigenvalue weighted by Gasteiger charge is 2.09. The molecule has 1 aromatic carbocycles. The first-order valence-corrected chi connectivity index (χ1v) is 10.6. The third kappa shape index (κ3) is 10.4. The van der Waals surface area contributed by atoms with Crippen molar-refractivity contribution < 1.29 is 14.3 Å². The van der Waals surface area contributed by atoms with Crippen molar-refractivity contribution >= 4 is 17.9 Å². The summed E-state index contributed by atoms with van der Waals surface area (Å²) in [6, 6.07) is 7.76. The number of nitrogens with one attached hydrogen (secondary N) is 1. The van der Waals surface area contributed by atoms with Crippen LogP contribution >= 0.6 is 12.2 Å². The number of hydrogen-bond donors (Lipinski definition) is 2. The first kappa shape index (κ1) is 23.2. The van der Waals surface area contributed by atoms with E-state index in [4.69, 9.17) is 4.33 Å². The second kappa shape index (κ2) is 15.3. The summed E-state index contributed by atoms with van der Waals surface area (Å²) >= 11 is 1.01. The third-order valence-corrected chi connectivity index (χ3v) is 5.06. The summed E-state index contributed by atoms with van der Waals surface area (Å²) in [7, 11) is 1.46. The van der Waals surface area contributed by atoms with Crippen LogP contribution in [0.5, 0.6) is 0 Å². The zero-order valence-electron chi connectivity index (χ0n) is 16.6. The molecule has 0 aliphatic carbocycles. The number of aliphatic hydroxyl groups is 1. The zero-order valence-corrected chi connectivity index (χ0v) is 17.4. The van der Waals surface area contributed by atoms with E-state index in [-0.39, 0.29) is 0 Å². The molecule has 0 aliphatic heterocycles. The average Bonchev–Trinajstić information content (AvgIpc) is 2.67. The number of benzene rings is 1. The minimum atomic E-state index is -0.407. The number of rotatable bonds is 16. The van der Waals surface area contributed by atoms with Crippen molar-refractivity contribution in [2.75, 3.05) is 31.5 Å². The second-order valence-corrected chi connectivity index (χ2v) is 7.06. The lowest BCUT2D eigenvalue weighted by Gasteiger charge is -2.21. The molecule has 1 aromatic rings. The van der Waals surface area contributed by atoms with Crippen molar-refractivity contribution in [3.63, 3.8) is 0 Å². The molecule has 26 heavy (non-hydrogen) atoms. The Morgan fingerprint density at radius 1 is 1.04 bits per heavy atom. The first-order chi connectivity index (χ1) is 12.7. The fraction of sp³-hybridized carbons (Fsp3) is 0.700. The van der Waals surface area contributed by atoms with Gasteiger partial charge in [-0.25, -0.2) is 4.89 Å². The zero-order chi connectivity index (χ0) is 19.0. The van der Waals surface area contributed by atoms with Gasteiger partial charge in [-0.2, -0.15) is 0 Å². The average molecular weight is 385 g/mol. The van der Waals surface area contributed by atoms with E-state index < -0.39 is 6.10 Å². The van der Waals surface area contributed by atoms with E-state index in [9.17, 15) is 5.11 Å². The highest BCUT2D eigenvalue weighted by molar-refractivity contribution is 7.95. The molecule has 0 radical (unpaired) electrons. The quantitative estimate of drug-likeness (QED) is 0.132. The SMILES string of the molecule is CCCCCCCN(CC)CCCC(O)c1ccc(NSOOC)cc1. The van der Waals surface area contributed by atoms with Crippen molar-refractivity contribution in [1.29, 1.82) is 0 Å². The molecule has 0 saturated carbocycles. The fourth-order valence-corrected chi connectivity index (χ4v) is 3.25. The van der Waals surface area contributed by atoms with E-state index in [0.717, 1.165) is 49.4 Å². The van der Waals surface area contributed by atoms with Crippen molar-refractivity contribution in [1.82, 2.24) is 4.90 Å². The summed E-state index contributed by atoms with van der Waals surface area (Å²) in [5.74, 6) is 0. The standard InChI is InChI=1S/C20H36N2O3S/c1-4-6-7-8-9-16-22(5-2)17-10-11-20(23)18-12-14-19(15-13-18)21-26-25-24-3/h12-15,20-21,23H,4-11,16-17H2,1-3H3. The lowest BCUT2D eigenvalue weighted by atomic mass is 10.0. The number of anilines is 1. The van der Waals surface area contributed by atoms with Crippen LogP contribution in [0.4, 0.5) is 5.69 Å². The third-order valence-electron chi connectivity index (χ3n) is 4.53. The Morgan fingerprint density at radius 3 is 2.38 bits per heavy atom. The van der Waals surface area contributed by atoms with Gasteiger partial charge in [0.15, 0.2) is 0 Å². The molecule has 5 nitrogen and oxygen atoms in total. The monoisotopic (exact) mass is 384 g/mol. The lowest BCUT2D eigenvalue weighted by molar-refractivity contribution is -0.159. The summed E-state index contributed by atoms with van der Waals surface area (Å²) in [5.41, 5.74) is 1.86. The Kier molecular flexibility index (Phi) is 13.7. The minimum absolute atomic E-state index is 0.407. The van der Waals surface area contributed by atoms with Crippen LogP contribution in [0.3, 0.4) is 0 Å². The van der Waals surface area contributed by atoms with Gasteiger partial charge in [0.25, 0.3) is 0 Å². The summed E-state index contributed by atoms with van der Waals surface area (Å²) in [6.45, 7) is 7.80. The molecule has 6 heteroatoms. The van der Waals surface area contributed by atoms with E-state index in [1.807, 2.05) is 24.3 Å². The van der Waals surface area contributed by atoms with Crippen LogP contribution in [0.25, 0.3) is 0 Å². The molecule has 0 spiro atoms. The van der Waals surface area contributed by atoms with Crippen LogP contribution in [0.2, 0.25) is 0 Å². The summed E-state index contributed by atoms with van der Waals surface area (Å²) in [6.07, 6.45) is 8.03. The van der Waals surface area contributed by atoms with Gasteiger partial charge >= 0.3 is 0 Å². The first-order valence-electron chi connectivity index (χ1n) is 9.84. The molecule has 150 valence electrons. The lowest BCUT2D eigenvalue weighted by Crippen LogP contribution is -2.26. The van der Waals surface area contributed by atoms with Crippen molar-refractivity contribution in [2.45, 2.75) is 64.9 Å². The molecular formula is C20H36N2O3S. The molecule has 0 heterocycles. The Labute approximate surface area is 163 Å². The van der Waals surface area contributed by atoms with Gasteiger partial charge in [0.2, 0.25) is 0 Å². The fourth-order valence-electron chi connectivity index (χ4n) is 2.91. The Bertz CT molecular complexity index is 445. The number of unbranched alkanes of at least 4 members (excludes halogenated alkanes) is 4. The largest absolute Gasteiger partial charge is 0.388 e. The van der Waals surface area contributed by atoms with Crippen molar-refractivity contribution in [2.24, 2.45) is 0 Å². The van der Waals surface area contributed by atoms with Crippen LogP contribution < -0.4 is 4.72 Å². The normalized spacial score (nSPS) is 12.5. The summed E-state index contributed by atoms with van der Waals surface area (Å²) in [4.78, 5) is 7.00. The van der Waals surface area contributed by atoms with Gasteiger partial charge in [-0.05, 0) is 56.6 Å². The maximum absolute atomic E-state index is 10.4. The Morgan fingerprint density at radius 2 is 1.73 bits per heavy atom. The molecular weight excluding hydrogens is 348 g/mol. The second-order valence-electron chi connectivity index (χ2n) is 6.55. The molecule has 2 N–H and O–H groups in total. The highest BCUT2D eigenvalue weighted by atomic mass is 32.2. The van der Waals surface area contributed by atoms with Gasteiger partial charge in [0.05, 0.1) is 13.2 Å². The van der Waals surface area contributed by atoms with E-state index in [1.54, 1.807) is 0 Å². The molecule has 0 amide bonds. The highest BCUT2D eigenvalue weighted by Crippen LogP contribution is 2.22. The number of hydrogen-bond acceptors (Lipinski definition) is 6. The van der Waals surface area contributed by atoms with Gasteiger partial charge < -0.3 is 14.7 Å². The van der Waals surface area contributed by atoms with E-state index in [2.05, 4.69) is 28.4 Å². The van der Waals surface area contributed by atoms with E-state index >= 15 is 0 Å². The van der Waals surface area contributed by atoms with Crippen molar-refractivity contribution in [3.8, 4) is 0 Å². The number of nitrogens with zero attached hydrogens (tertiary/aromatic N) is 1. The predicted molar refractivity (Wildman–Crippen MR) is 111 cm³/mol.